The van der Waals surface area contributed by atoms with Crippen molar-refractivity contribution in [3.63, 3.8) is 0 Å². The third-order valence-corrected chi connectivity index (χ3v) is 3.29. The molecule has 0 radical (unpaired) electrons. The van der Waals surface area contributed by atoms with Crippen LogP contribution in [0.2, 0.25) is 0 Å². The fourth-order valence-electron chi connectivity index (χ4n) is 1.34. The van der Waals surface area contributed by atoms with Gasteiger partial charge in [0.2, 0.25) is 0 Å². The second-order valence-electron chi connectivity index (χ2n) is 3.10. The van der Waals surface area contributed by atoms with Crippen molar-refractivity contribution in [2.75, 3.05) is 0 Å². The summed E-state index contributed by atoms with van der Waals surface area (Å²) in [5.41, 5.74) is 12.6. The van der Waals surface area contributed by atoms with E-state index in [-0.39, 0.29) is 5.96 Å². The molecular formula is C10H11IN5-. The van der Waals surface area contributed by atoms with Crippen LogP contribution >= 0.6 is 0 Å². The van der Waals surface area contributed by atoms with E-state index in [0.717, 1.165) is 16.5 Å². The van der Waals surface area contributed by atoms with Crippen LogP contribution in [0.25, 0.3) is 10.9 Å². The third kappa shape index (κ3) is 2.51. The number of nitrogens with one attached hydrogen (secondary N) is 1. The van der Waals surface area contributed by atoms with Crippen molar-refractivity contribution in [2.45, 2.75) is 0 Å². The molecule has 0 aliphatic rings. The SMILES string of the molecule is NC(N)=N[I-]N=Cc1c[nH]c2ccccc12. The Morgan fingerprint density at radius 1 is 1.31 bits per heavy atom. The van der Waals surface area contributed by atoms with Gasteiger partial charge in [-0.2, -0.15) is 0 Å². The number of fused-ring (bicyclic) bond motifs is 1. The van der Waals surface area contributed by atoms with E-state index in [4.69, 9.17) is 11.5 Å². The van der Waals surface area contributed by atoms with Crippen molar-refractivity contribution in [2.24, 2.45) is 17.9 Å². The van der Waals surface area contributed by atoms with Crippen LogP contribution in [0.5, 0.6) is 0 Å². The van der Waals surface area contributed by atoms with Gasteiger partial charge in [-0.05, 0) is 0 Å². The van der Waals surface area contributed by atoms with Gasteiger partial charge >= 0.3 is 104 Å². The summed E-state index contributed by atoms with van der Waals surface area (Å²) in [7, 11) is 0. The summed E-state index contributed by atoms with van der Waals surface area (Å²) >= 11 is -0.685. The number of H-pyrrole nitrogens is 1. The van der Waals surface area contributed by atoms with Gasteiger partial charge < -0.3 is 0 Å². The van der Waals surface area contributed by atoms with E-state index in [1.807, 2.05) is 30.5 Å². The van der Waals surface area contributed by atoms with Crippen molar-refractivity contribution in [3.8, 4) is 0 Å². The molecule has 0 aliphatic carbocycles. The summed E-state index contributed by atoms with van der Waals surface area (Å²) in [4.78, 5) is 3.17. The molecule has 16 heavy (non-hydrogen) atoms. The van der Waals surface area contributed by atoms with Crippen LogP contribution in [-0.2, 0) is 0 Å². The van der Waals surface area contributed by atoms with Crippen molar-refractivity contribution >= 4 is 23.1 Å². The van der Waals surface area contributed by atoms with Crippen molar-refractivity contribution in [3.05, 3.63) is 36.0 Å². The van der Waals surface area contributed by atoms with Crippen LogP contribution in [0.1, 0.15) is 5.56 Å². The molecule has 1 heterocycles. The van der Waals surface area contributed by atoms with Crippen molar-refractivity contribution < 1.29 is 21.8 Å². The van der Waals surface area contributed by atoms with E-state index >= 15 is 0 Å². The number of para-hydroxylation sites is 1. The minimum absolute atomic E-state index is 0.101. The molecule has 1 aromatic heterocycles. The monoisotopic (exact) mass is 328 g/mol. The average Bonchev–Trinajstić information content (AvgIpc) is 2.68. The molecule has 0 saturated carbocycles. The summed E-state index contributed by atoms with van der Waals surface area (Å²) < 4.78 is 8.10. The molecule has 6 heteroatoms. The van der Waals surface area contributed by atoms with Gasteiger partial charge in [0.1, 0.15) is 0 Å². The standard InChI is InChI=1S/C10H11IN5/c12-10(13)16-11-15-6-7-5-14-9-4-2-1-3-8(7)9/h1-6,14H,(H4,12,13,16)/q-1. The van der Waals surface area contributed by atoms with Gasteiger partial charge in [0.05, 0.1) is 0 Å². The predicted molar refractivity (Wildman–Crippen MR) is 61.7 cm³/mol. The fraction of sp³-hybridized carbons (Fsp3) is 0. The van der Waals surface area contributed by atoms with Gasteiger partial charge in [-0.1, -0.05) is 0 Å². The van der Waals surface area contributed by atoms with Crippen LogP contribution in [0, 0.1) is 0 Å². The van der Waals surface area contributed by atoms with Crippen LogP contribution < -0.4 is 33.2 Å². The molecule has 0 amide bonds. The molecule has 0 bridgehead atoms. The average molecular weight is 328 g/mol. The molecule has 5 N–H and O–H groups in total. The molecule has 1 aromatic carbocycles. The molecule has 0 aliphatic heterocycles. The van der Waals surface area contributed by atoms with E-state index in [1.54, 1.807) is 6.21 Å². The van der Waals surface area contributed by atoms with Crippen LogP contribution in [-0.4, -0.2) is 17.2 Å². The Bertz CT molecular complexity index is 539. The molecular weight excluding hydrogens is 317 g/mol. The Morgan fingerprint density at radius 3 is 2.94 bits per heavy atom. The molecule has 2 rings (SSSR count). The molecule has 0 unspecified atom stereocenters. The number of hydrogen-bond donors (Lipinski definition) is 3. The van der Waals surface area contributed by atoms with Gasteiger partial charge in [-0.25, -0.2) is 0 Å². The van der Waals surface area contributed by atoms with E-state index in [9.17, 15) is 0 Å². The third-order valence-electron chi connectivity index (χ3n) is 1.99. The number of aromatic nitrogens is 1. The van der Waals surface area contributed by atoms with Gasteiger partial charge in [-0.15, -0.1) is 0 Å². The number of nitrogens with zero attached hydrogens (tertiary/aromatic N) is 2. The Balaban J connectivity index is 2.18. The number of aromatic amines is 1. The molecule has 0 fully saturated rings. The second kappa shape index (κ2) is 4.97. The molecule has 5 nitrogen and oxygen atoms in total. The number of guanidine groups is 1. The molecule has 2 aromatic rings. The Kier molecular flexibility index (Phi) is 3.40. The number of rotatable bonds is 3. The predicted octanol–water partition coefficient (Wildman–Crippen LogP) is -2.22. The first-order valence-electron chi connectivity index (χ1n) is 4.59. The van der Waals surface area contributed by atoms with E-state index in [1.165, 1.54) is 0 Å². The molecule has 84 valence electrons. The number of benzene rings is 1. The summed E-state index contributed by atoms with van der Waals surface area (Å²) in [6.45, 7) is 0. The summed E-state index contributed by atoms with van der Waals surface area (Å²) in [5, 5.41) is 1.15. The summed E-state index contributed by atoms with van der Waals surface area (Å²) in [6.07, 6.45) is 3.73. The maximum atomic E-state index is 5.22. The van der Waals surface area contributed by atoms with Crippen LogP contribution in [0.4, 0.5) is 0 Å². The second-order valence-corrected chi connectivity index (χ2v) is 4.57. The van der Waals surface area contributed by atoms with Crippen molar-refractivity contribution in [1.82, 2.24) is 4.98 Å². The Morgan fingerprint density at radius 2 is 2.12 bits per heavy atom. The Labute approximate surface area is 104 Å². The minimum atomic E-state index is -0.685. The van der Waals surface area contributed by atoms with Gasteiger partial charge in [-0.3, -0.25) is 0 Å². The normalized spacial score (nSPS) is 11.2. The number of nitrogens with two attached hydrogens (primary N) is 2. The first-order chi connectivity index (χ1) is 7.77. The van der Waals surface area contributed by atoms with Crippen LogP contribution in [0.3, 0.4) is 0 Å². The summed E-state index contributed by atoms with van der Waals surface area (Å²) in [5.74, 6) is 0.101. The van der Waals surface area contributed by atoms with E-state index in [0.29, 0.717) is 0 Å². The van der Waals surface area contributed by atoms with Gasteiger partial charge in [0.25, 0.3) is 0 Å². The topological polar surface area (TPSA) is 92.6 Å². The van der Waals surface area contributed by atoms with Crippen molar-refractivity contribution in [1.29, 1.82) is 0 Å². The van der Waals surface area contributed by atoms with E-state index in [2.05, 4.69) is 11.4 Å². The maximum absolute atomic E-state index is 5.22. The Hall–Kier alpha value is -1.57. The zero-order chi connectivity index (χ0) is 11.4. The van der Waals surface area contributed by atoms with Crippen LogP contribution in [0.15, 0.2) is 36.9 Å². The van der Waals surface area contributed by atoms with Gasteiger partial charge in [0, 0.05) is 0 Å². The number of hydrogen-bond acceptors (Lipinski definition) is 2. The first kappa shape index (κ1) is 10.9. The fourth-order valence-corrected chi connectivity index (χ4v) is 2.14. The molecule has 0 spiro atoms. The number of halogens is 1. The zero-order valence-electron chi connectivity index (χ0n) is 8.39. The zero-order valence-corrected chi connectivity index (χ0v) is 10.5. The molecule has 0 saturated heterocycles. The molecule has 0 atom stereocenters. The first-order valence-corrected chi connectivity index (χ1v) is 6.52. The quantitative estimate of drug-likeness (QED) is 0.338. The van der Waals surface area contributed by atoms with Gasteiger partial charge in [0.15, 0.2) is 0 Å². The van der Waals surface area contributed by atoms with E-state index < -0.39 is 21.8 Å². The summed E-state index contributed by atoms with van der Waals surface area (Å²) in [6, 6.07) is 8.06.